The van der Waals surface area contributed by atoms with Gasteiger partial charge in [0.1, 0.15) is 0 Å². The van der Waals surface area contributed by atoms with Gasteiger partial charge in [0.25, 0.3) is 0 Å². The second-order valence-corrected chi connectivity index (χ2v) is 9.21. The van der Waals surface area contributed by atoms with Crippen LogP contribution in [0.3, 0.4) is 0 Å². The molecule has 8 heteroatoms. The minimum Gasteiger partial charge on any atom is -0.481 e. The smallest absolute Gasteiger partial charge is 0.303 e. The molecular weight excluding hydrogens is 418 g/mol. The predicted molar refractivity (Wildman–Crippen MR) is 120 cm³/mol. The van der Waals surface area contributed by atoms with E-state index in [1.165, 1.54) is 0 Å². The molecule has 0 radical (unpaired) electrons. The Morgan fingerprint density at radius 1 is 1.16 bits per heavy atom. The van der Waals surface area contributed by atoms with E-state index < -0.39 is 5.97 Å². The first-order chi connectivity index (χ1) is 14.7. The van der Waals surface area contributed by atoms with Crippen molar-refractivity contribution in [3.63, 3.8) is 0 Å². The second kappa shape index (κ2) is 10.5. The fourth-order valence-corrected chi connectivity index (χ4v) is 4.86. The summed E-state index contributed by atoms with van der Waals surface area (Å²) in [5.41, 5.74) is 2.55. The number of benzene rings is 1. The summed E-state index contributed by atoms with van der Waals surface area (Å²) in [5, 5.41) is 12.1. The first kappa shape index (κ1) is 23.5. The molecule has 1 aliphatic heterocycles. The lowest BCUT2D eigenvalue weighted by Crippen LogP contribution is -2.54. The fourth-order valence-electron chi connectivity index (χ4n) is 4.61. The van der Waals surface area contributed by atoms with Crippen molar-refractivity contribution in [1.82, 2.24) is 9.80 Å². The highest BCUT2D eigenvalue weighted by atomic mass is 35.5. The summed E-state index contributed by atoms with van der Waals surface area (Å²) in [4.78, 5) is 40.0. The van der Waals surface area contributed by atoms with Gasteiger partial charge in [0.2, 0.25) is 11.8 Å². The van der Waals surface area contributed by atoms with Crippen LogP contribution in [0.2, 0.25) is 5.02 Å². The van der Waals surface area contributed by atoms with Crippen LogP contribution < -0.4 is 5.32 Å². The Morgan fingerprint density at radius 2 is 1.87 bits per heavy atom. The van der Waals surface area contributed by atoms with Crippen LogP contribution in [0.15, 0.2) is 12.1 Å². The van der Waals surface area contributed by atoms with Crippen molar-refractivity contribution in [3.8, 4) is 0 Å². The molecule has 0 bridgehead atoms. The number of carbonyl (C=O) groups is 3. The number of rotatable bonds is 7. The number of hydrogen-bond acceptors (Lipinski definition) is 4. The van der Waals surface area contributed by atoms with Crippen LogP contribution in [0.25, 0.3) is 0 Å². The molecule has 1 saturated carbocycles. The summed E-state index contributed by atoms with van der Waals surface area (Å²) in [5.74, 6) is -0.823. The Morgan fingerprint density at radius 3 is 2.52 bits per heavy atom. The van der Waals surface area contributed by atoms with Crippen molar-refractivity contribution >= 4 is 35.1 Å². The molecule has 1 atom stereocenters. The standard InChI is InChI=1S/C23H32ClN3O4/c1-15-13-26(9-10-27(15)23(31)17-5-3-4-6-17)14-18-11-19(24)12-20(16(18)2)25-21(28)7-8-22(29)30/h11-12,15,17H,3-10,13-14H2,1-2H3,(H,25,28)(H,29,30). The van der Waals surface area contributed by atoms with Gasteiger partial charge in [-0.1, -0.05) is 24.4 Å². The van der Waals surface area contributed by atoms with Crippen molar-refractivity contribution in [3.05, 3.63) is 28.3 Å². The molecule has 2 amide bonds. The third-order valence-electron chi connectivity index (χ3n) is 6.41. The SMILES string of the molecule is Cc1c(CN2CCN(C(=O)C3CCCC3)C(C)C2)cc(Cl)cc1NC(=O)CCC(=O)O. The topological polar surface area (TPSA) is 90.0 Å². The van der Waals surface area contributed by atoms with Crippen LogP contribution in [0, 0.1) is 12.8 Å². The largest absolute Gasteiger partial charge is 0.481 e. The maximum absolute atomic E-state index is 12.8. The summed E-state index contributed by atoms with van der Waals surface area (Å²) >= 11 is 6.30. The minimum atomic E-state index is -1.00. The second-order valence-electron chi connectivity index (χ2n) is 8.78. The molecule has 1 heterocycles. The number of carbonyl (C=O) groups excluding carboxylic acids is 2. The normalized spacial score (nSPS) is 20.1. The molecular formula is C23H32ClN3O4. The van der Waals surface area contributed by atoms with Gasteiger partial charge in [0.05, 0.1) is 6.42 Å². The van der Waals surface area contributed by atoms with E-state index in [9.17, 15) is 14.4 Å². The molecule has 1 aliphatic carbocycles. The van der Waals surface area contributed by atoms with Crippen molar-refractivity contribution < 1.29 is 19.5 Å². The van der Waals surface area contributed by atoms with Crippen molar-refractivity contribution in [2.24, 2.45) is 5.92 Å². The zero-order chi connectivity index (χ0) is 22.5. The van der Waals surface area contributed by atoms with E-state index in [1.807, 2.05) is 17.9 Å². The number of hydrogen-bond donors (Lipinski definition) is 2. The molecule has 0 spiro atoms. The summed E-state index contributed by atoms with van der Waals surface area (Å²) in [7, 11) is 0. The van der Waals surface area contributed by atoms with E-state index in [2.05, 4.69) is 17.1 Å². The number of carboxylic acid groups (broad SMARTS) is 1. The van der Waals surface area contributed by atoms with Gasteiger partial charge < -0.3 is 15.3 Å². The maximum Gasteiger partial charge on any atom is 0.303 e. The number of aliphatic carboxylic acids is 1. The molecule has 1 aromatic carbocycles. The average Bonchev–Trinajstić information content (AvgIpc) is 3.24. The lowest BCUT2D eigenvalue weighted by atomic mass is 10.0. The molecule has 170 valence electrons. The minimum absolute atomic E-state index is 0.0783. The van der Waals surface area contributed by atoms with Crippen LogP contribution in [-0.2, 0) is 20.9 Å². The molecule has 31 heavy (non-hydrogen) atoms. The third-order valence-corrected chi connectivity index (χ3v) is 6.63. The van der Waals surface area contributed by atoms with Gasteiger partial charge in [0.15, 0.2) is 0 Å². The van der Waals surface area contributed by atoms with Gasteiger partial charge >= 0.3 is 5.97 Å². The van der Waals surface area contributed by atoms with E-state index in [-0.39, 0.29) is 30.7 Å². The highest BCUT2D eigenvalue weighted by Gasteiger charge is 2.33. The number of anilines is 1. The van der Waals surface area contributed by atoms with Crippen LogP contribution in [0.1, 0.15) is 56.6 Å². The van der Waals surface area contributed by atoms with Crippen molar-refractivity contribution in [1.29, 1.82) is 0 Å². The van der Waals surface area contributed by atoms with Crippen LogP contribution in [0.5, 0.6) is 0 Å². The highest BCUT2D eigenvalue weighted by molar-refractivity contribution is 6.31. The highest BCUT2D eigenvalue weighted by Crippen LogP contribution is 2.29. The van der Waals surface area contributed by atoms with Crippen LogP contribution >= 0.6 is 11.6 Å². The first-order valence-corrected chi connectivity index (χ1v) is 11.5. The maximum atomic E-state index is 12.8. The summed E-state index contributed by atoms with van der Waals surface area (Å²) < 4.78 is 0. The quantitative estimate of drug-likeness (QED) is 0.662. The predicted octanol–water partition coefficient (Wildman–Crippen LogP) is 3.67. The number of amides is 2. The van der Waals surface area contributed by atoms with E-state index in [1.54, 1.807) is 6.07 Å². The number of nitrogens with zero attached hydrogens (tertiary/aromatic N) is 2. The molecule has 2 fully saturated rings. The van der Waals surface area contributed by atoms with E-state index >= 15 is 0 Å². The Hall–Kier alpha value is -2.12. The molecule has 3 rings (SSSR count). The summed E-state index contributed by atoms with van der Waals surface area (Å²) in [6, 6.07) is 3.77. The third kappa shape index (κ3) is 6.20. The molecule has 1 saturated heterocycles. The lowest BCUT2D eigenvalue weighted by Gasteiger charge is -2.41. The molecule has 7 nitrogen and oxygen atoms in total. The fraction of sp³-hybridized carbons (Fsp3) is 0.609. The lowest BCUT2D eigenvalue weighted by molar-refractivity contribution is -0.140. The van der Waals surface area contributed by atoms with Crippen molar-refractivity contribution in [2.45, 2.75) is 65.0 Å². The Labute approximate surface area is 188 Å². The molecule has 1 aromatic rings. The Kier molecular flexibility index (Phi) is 7.94. The Bertz CT molecular complexity index is 838. The monoisotopic (exact) mass is 449 g/mol. The number of nitrogens with one attached hydrogen (secondary N) is 1. The van der Waals surface area contributed by atoms with Crippen LogP contribution in [0.4, 0.5) is 5.69 Å². The molecule has 0 aromatic heterocycles. The zero-order valence-electron chi connectivity index (χ0n) is 18.3. The summed E-state index contributed by atoms with van der Waals surface area (Å²) in [6.45, 7) is 7.05. The number of halogens is 1. The number of carboxylic acids is 1. The van der Waals surface area contributed by atoms with Gasteiger partial charge in [-0.25, -0.2) is 0 Å². The molecule has 1 unspecified atom stereocenters. The van der Waals surface area contributed by atoms with Gasteiger partial charge in [-0.2, -0.15) is 0 Å². The Balaban J connectivity index is 1.62. The summed E-state index contributed by atoms with van der Waals surface area (Å²) in [6.07, 6.45) is 4.08. The van der Waals surface area contributed by atoms with Crippen LogP contribution in [-0.4, -0.2) is 58.4 Å². The molecule has 2 aliphatic rings. The number of piperazine rings is 1. The average molecular weight is 450 g/mol. The van der Waals surface area contributed by atoms with Gasteiger partial charge in [0, 0.05) is 55.3 Å². The van der Waals surface area contributed by atoms with Gasteiger partial charge in [-0.15, -0.1) is 0 Å². The van der Waals surface area contributed by atoms with Gasteiger partial charge in [-0.05, 0) is 49.9 Å². The van der Waals surface area contributed by atoms with Gasteiger partial charge in [-0.3, -0.25) is 19.3 Å². The van der Waals surface area contributed by atoms with E-state index in [0.717, 1.165) is 56.4 Å². The van der Waals surface area contributed by atoms with E-state index in [0.29, 0.717) is 23.2 Å². The first-order valence-electron chi connectivity index (χ1n) is 11.1. The zero-order valence-corrected chi connectivity index (χ0v) is 19.1. The van der Waals surface area contributed by atoms with Crippen molar-refractivity contribution in [2.75, 3.05) is 25.0 Å². The van der Waals surface area contributed by atoms with E-state index in [4.69, 9.17) is 16.7 Å². The molecule has 2 N–H and O–H groups in total.